The average Bonchev–Trinajstić information content (AvgIpc) is 2.15. The van der Waals surface area contributed by atoms with E-state index < -0.39 is 5.82 Å². The minimum absolute atomic E-state index is 0.219. The average molecular weight is 178 g/mol. The second kappa shape index (κ2) is 4.39. The van der Waals surface area contributed by atoms with Gasteiger partial charge in [-0.15, -0.1) is 0 Å². The molecule has 0 saturated heterocycles. The standard InChI is InChI=1S/C10H7FO2/c11-10-4-3-9(7-13)8(6-10)2-1-5-12/h3-6,13H,7H2. The van der Waals surface area contributed by atoms with Gasteiger partial charge in [0.05, 0.1) is 6.61 Å². The van der Waals surface area contributed by atoms with Crippen LogP contribution >= 0.6 is 0 Å². The van der Waals surface area contributed by atoms with E-state index in [1.54, 1.807) is 0 Å². The van der Waals surface area contributed by atoms with Gasteiger partial charge in [0.1, 0.15) is 5.82 Å². The molecule has 0 heterocycles. The van der Waals surface area contributed by atoms with E-state index in [9.17, 15) is 9.18 Å². The van der Waals surface area contributed by atoms with E-state index in [4.69, 9.17) is 5.11 Å². The maximum atomic E-state index is 12.7. The molecule has 0 saturated carbocycles. The first-order chi connectivity index (χ1) is 6.27. The predicted molar refractivity (Wildman–Crippen MR) is 45.3 cm³/mol. The summed E-state index contributed by atoms with van der Waals surface area (Å²) in [6.07, 6.45) is 0.423. The lowest BCUT2D eigenvalue weighted by molar-refractivity contribution is -0.103. The second-order valence-corrected chi connectivity index (χ2v) is 2.35. The zero-order valence-electron chi connectivity index (χ0n) is 6.75. The van der Waals surface area contributed by atoms with Crippen molar-refractivity contribution in [3.05, 3.63) is 35.1 Å². The van der Waals surface area contributed by atoms with Crippen LogP contribution in [0, 0.1) is 17.7 Å². The summed E-state index contributed by atoms with van der Waals surface area (Å²) in [5, 5.41) is 8.83. The number of carbonyl (C=O) groups excluding carboxylic acids is 1. The largest absolute Gasteiger partial charge is 0.392 e. The first-order valence-electron chi connectivity index (χ1n) is 3.62. The van der Waals surface area contributed by atoms with Crippen LogP contribution in [0.15, 0.2) is 18.2 Å². The summed E-state index contributed by atoms with van der Waals surface area (Å²) in [5.74, 6) is 4.16. The highest BCUT2D eigenvalue weighted by Gasteiger charge is 1.99. The molecule has 0 bridgehead atoms. The Bertz CT molecular complexity index is 374. The molecule has 66 valence electrons. The van der Waals surface area contributed by atoms with E-state index >= 15 is 0 Å². The number of rotatable bonds is 1. The highest BCUT2D eigenvalue weighted by atomic mass is 19.1. The molecule has 0 fully saturated rings. The Morgan fingerprint density at radius 2 is 2.31 bits per heavy atom. The van der Waals surface area contributed by atoms with Crippen LogP contribution < -0.4 is 0 Å². The van der Waals surface area contributed by atoms with Gasteiger partial charge >= 0.3 is 0 Å². The summed E-state index contributed by atoms with van der Waals surface area (Å²) in [6, 6.07) is 3.85. The van der Waals surface area contributed by atoms with Crippen molar-refractivity contribution in [2.24, 2.45) is 0 Å². The molecule has 2 nitrogen and oxygen atoms in total. The Hall–Kier alpha value is -1.66. The summed E-state index contributed by atoms with van der Waals surface area (Å²) in [6.45, 7) is -0.219. The molecule has 0 aliphatic carbocycles. The minimum atomic E-state index is -0.438. The van der Waals surface area contributed by atoms with E-state index in [-0.39, 0.29) is 6.61 Å². The number of aliphatic hydroxyl groups is 1. The van der Waals surface area contributed by atoms with Crippen molar-refractivity contribution < 1.29 is 14.3 Å². The fourth-order valence-electron chi connectivity index (χ4n) is 0.910. The van der Waals surface area contributed by atoms with Crippen LogP contribution in [-0.2, 0) is 11.4 Å². The number of halogens is 1. The number of hydrogen-bond donors (Lipinski definition) is 1. The van der Waals surface area contributed by atoms with Crippen LogP contribution in [0.5, 0.6) is 0 Å². The molecule has 1 aromatic carbocycles. The SMILES string of the molecule is O=CC#Cc1cc(F)ccc1CO. The molecule has 0 aliphatic heterocycles. The van der Waals surface area contributed by atoms with Gasteiger partial charge in [0.2, 0.25) is 0 Å². The van der Waals surface area contributed by atoms with Gasteiger partial charge < -0.3 is 5.11 Å². The van der Waals surface area contributed by atoms with Crippen LogP contribution in [0.2, 0.25) is 0 Å². The van der Waals surface area contributed by atoms with Crippen molar-refractivity contribution in [2.75, 3.05) is 0 Å². The number of carbonyl (C=O) groups is 1. The number of hydrogen-bond acceptors (Lipinski definition) is 2. The van der Waals surface area contributed by atoms with Crippen LogP contribution in [0.25, 0.3) is 0 Å². The summed E-state index contributed by atoms with van der Waals surface area (Å²) < 4.78 is 12.7. The first-order valence-corrected chi connectivity index (χ1v) is 3.62. The van der Waals surface area contributed by atoms with E-state index in [1.165, 1.54) is 18.2 Å². The van der Waals surface area contributed by atoms with Crippen molar-refractivity contribution in [3.63, 3.8) is 0 Å². The molecule has 0 spiro atoms. The minimum Gasteiger partial charge on any atom is -0.392 e. The molecule has 0 radical (unpaired) electrons. The Morgan fingerprint density at radius 3 is 2.92 bits per heavy atom. The van der Waals surface area contributed by atoms with Crippen molar-refractivity contribution in [1.29, 1.82) is 0 Å². The summed E-state index contributed by atoms with van der Waals surface area (Å²) >= 11 is 0. The molecule has 13 heavy (non-hydrogen) atoms. The molecule has 0 unspecified atom stereocenters. The van der Waals surface area contributed by atoms with E-state index in [0.717, 1.165) is 0 Å². The lowest BCUT2D eigenvalue weighted by Crippen LogP contribution is -1.90. The monoisotopic (exact) mass is 178 g/mol. The fourth-order valence-corrected chi connectivity index (χ4v) is 0.910. The van der Waals surface area contributed by atoms with Crippen molar-refractivity contribution >= 4 is 6.29 Å². The van der Waals surface area contributed by atoms with Gasteiger partial charge in [-0.2, -0.15) is 0 Å². The molecular weight excluding hydrogens is 171 g/mol. The van der Waals surface area contributed by atoms with Crippen molar-refractivity contribution in [1.82, 2.24) is 0 Å². The van der Waals surface area contributed by atoms with Crippen LogP contribution in [-0.4, -0.2) is 11.4 Å². The van der Waals surface area contributed by atoms with Crippen LogP contribution in [0.1, 0.15) is 11.1 Å². The van der Waals surface area contributed by atoms with Crippen molar-refractivity contribution in [3.8, 4) is 11.8 Å². The van der Waals surface area contributed by atoms with Crippen molar-refractivity contribution in [2.45, 2.75) is 6.61 Å². The molecule has 3 heteroatoms. The van der Waals surface area contributed by atoms with Crippen LogP contribution in [0.3, 0.4) is 0 Å². The van der Waals surface area contributed by atoms with Gasteiger partial charge in [0.25, 0.3) is 0 Å². The number of aldehydes is 1. The maximum absolute atomic E-state index is 12.7. The Balaban J connectivity index is 3.15. The lowest BCUT2D eigenvalue weighted by atomic mass is 10.1. The molecule has 0 amide bonds. The zero-order valence-corrected chi connectivity index (χ0v) is 6.75. The van der Waals surface area contributed by atoms with E-state index in [2.05, 4.69) is 11.8 Å². The van der Waals surface area contributed by atoms with Gasteiger partial charge in [-0.1, -0.05) is 12.0 Å². The Kier molecular flexibility index (Phi) is 3.18. The third kappa shape index (κ3) is 2.39. The first kappa shape index (κ1) is 9.43. The smallest absolute Gasteiger partial charge is 0.193 e. The fraction of sp³-hybridized carbons (Fsp3) is 0.100. The number of benzene rings is 1. The molecular formula is C10H7FO2. The summed E-state index contributed by atoms with van der Waals surface area (Å²) in [5.41, 5.74) is 0.852. The zero-order chi connectivity index (χ0) is 9.68. The molecule has 1 rings (SSSR count). The summed E-state index contributed by atoms with van der Waals surface area (Å²) in [4.78, 5) is 9.93. The topological polar surface area (TPSA) is 37.3 Å². The second-order valence-electron chi connectivity index (χ2n) is 2.35. The van der Waals surface area contributed by atoms with E-state index in [0.29, 0.717) is 17.4 Å². The molecule has 1 aromatic rings. The highest BCUT2D eigenvalue weighted by Crippen LogP contribution is 2.09. The summed E-state index contributed by atoms with van der Waals surface area (Å²) in [7, 11) is 0. The normalized spacial score (nSPS) is 8.77. The molecule has 0 aliphatic rings. The molecule has 1 N–H and O–H groups in total. The van der Waals surface area contributed by atoms with Gasteiger partial charge in [-0.25, -0.2) is 4.39 Å². The van der Waals surface area contributed by atoms with Crippen LogP contribution in [0.4, 0.5) is 4.39 Å². The van der Waals surface area contributed by atoms with Gasteiger partial charge in [-0.3, -0.25) is 4.79 Å². The predicted octanol–water partition coefficient (Wildman–Crippen LogP) is 0.868. The quantitative estimate of drug-likeness (QED) is 0.511. The van der Waals surface area contributed by atoms with Gasteiger partial charge in [0, 0.05) is 5.56 Å². The molecule has 0 atom stereocenters. The lowest BCUT2D eigenvalue weighted by Gasteiger charge is -1.99. The third-order valence-corrected chi connectivity index (χ3v) is 1.51. The third-order valence-electron chi connectivity index (χ3n) is 1.51. The number of aliphatic hydroxyl groups excluding tert-OH is 1. The molecule has 0 aromatic heterocycles. The Labute approximate surface area is 75.0 Å². The van der Waals surface area contributed by atoms with Gasteiger partial charge in [0.15, 0.2) is 6.29 Å². The van der Waals surface area contributed by atoms with Gasteiger partial charge in [-0.05, 0) is 23.6 Å². The maximum Gasteiger partial charge on any atom is 0.193 e. The van der Waals surface area contributed by atoms with E-state index in [1.807, 2.05) is 0 Å². The highest BCUT2D eigenvalue weighted by molar-refractivity contribution is 5.74. The Morgan fingerprint density at radius 1 is 1.54 bits per heavy atom.